The predicted molar refractivity (Wildman–Crippen MR) is 72.3 cm³/mol. The average Bonchev–Trinajstić information content (AvgIpc) is 2.93. The van der Waals surface area contributed by atoms with Gasteiger partial charge in [0.1, 0.15) is 12.2 Å². The first-order valence-corrected chi connectivity index (χ1v) is 6.50. The summed E-state index contributed by atoms with van der Waals surface area (Å²) in [6.07, 6.45) is 3.56. The molecule has 4 heteroatoms. The van der Waals surface area contributed by atoms with Crippen LogP contribution in [0.5, 0.6) is 0 Å². The predicted octanol–water partition coefficient (Wildman–Crippen LogP) is 2.26. The third kappa shape index (κ3) is 3.17. The van der Waals surface area contributed by atoms with Crippen molar-refractivity contribution >= 4 is 0 Å². The number of aromatic amines is 1. The summed E-state index contributed by atoms with van der Waals surface area (Å²) in [6.45, 7) is 5.19. The fourth-order valence-corrected chi connectivity index (χ4v) is 2.04. The molecule has 0 fully saturated rings. The van der Waals surface area contributed by atoms with Crippen molar-refractivity contribution in [2.45, 2.75) is 32.7 Å². The number of nitrogens with one attached hydrogen (secondary N) is 2. The lowest BCUT2D eigenvalue weighted by atomic mass is 10.0. The van der Waals surface area contributed by atoms with Crippen molar-refractivity contribution in [2.24, 2.45) is 0 Å². The molecule has 1 heterocycles. The van der Waals surface area contributed by atoms with Crippen LogP contribution in [-0.4, -0.2) is 21.7 Å². The smallest absolute Gasteiger partial charge is 0.141 e. The third-order valence-electron chi connectivity index (χ3n) is 3.09. The standard InChI is InChI=1S/C14H20N4/c1-3-11-5-7-12(8-6-11)9-13(15-4-2)14-16-10-17-18-14/h5-8,10,13,15H,3-4,9H2,1-2H3,(H,16,17,18). The first-order valence-electron chi connectivity index (χ1n) is 6.50. The summed E-state index contributed by atoms with van der Waals surface area (Å²) in [6, 6.07) is 8.97. The summed E-state index contributed by atoms with van der Waals surface area (Å²) >= 11 is 0. The van der Waals surface area contributed by atoms with Gasteiger partial charge in [-0.1, -0.05) is 38.1 Å². The third-order valence-corrected chi connectivity index (χ3v) is 3.09. The number of hydrogen-bond donors (Lipinski definition) is 2. The lowest BCUT2D eigenvalue weighted by Crippen LogP contribution is -2.24. The molecule has 0 aliphatic rings. The van der Waals surface area contributed by atoms with E-state index in [0.717, 1.165) is 25.2 Å². The van der Waals surface area contributed by atoms with E-state index in [1.165, 1.54) is 11.1 Å². The maximum atomic E-state index is 4.24. The maximum Gasteiger partial charge on any atom is 0.141 e. The highest BCUT2D eigenvalue weighted by atomic mass is 15.2. The first kappa shape index (κ1) is 12.8. The molecule has 1 aromatic carbocycles. The van der Waals surface area contributed by atoms with Gasteiger partial charge in [0.2, 0.25) is 0 Å². The summed E-state index contributed by atoms with van der Waals surface area (Å²) in [5.74, 6) is 0.899. The maximum absolute atomic E-state index is 4.24. The summed E-state index contributed by atoms with van der Waals surface area (Å²) in [5, 5.41) is 10.3. The molecule has 0 aliphatic heterocycles. The van der Waals surface area contributed by atoms with E-state index in [9.17, 15) is 0 Å². The van der Waals surface area contributed by atoms with Gasteiger partial charge in [-0.15, -0.1) is 0 Å². The van der Waals surface area contributed by atoms with E-state index < -0.39 is 0 Å². The van der Waals surface area contributed by atoms with E-state index in [1.807, 2.05) is 0 Å². The van der Waals surface area contributed by atoms with Gasteiger partial charge in [-0.05, 0) is 30.5 Å². The van der Waals surface area contributed by atoms with Crippen molar-refractivity contribution in [1.29, 1.82) is 0 Å². The van der Waals surface area contributed by atoms with Gasteiger partial charge >= 0.3 is 0 Å². The number of aromatic nitrogens is 3. The fourth-order valence-electron chi connectivity index (χ4n) is 2.04. The Morgan fingerprint density at radius 1 is 1.17 bits per heavy atom. The van der Waals surface area contributed by atoms with Crippen LogP contribution < -0.4 is 5.32 Å². The van der Waals surface area contributed by atoms with Gasteiger partial charge in [-0.2, -0.15) is 5.10 Å². The molecule has 4 nitrogen and oxygen atoms in total. The van der Waals surface area contributed by atoms with Gasteiger partial charge in [0.05, 0.1) is 6.04 Å². The highest BCUT2D eigenvalue weighted by Crippen LogP contribution is 2.15. The molecule has 96 valence electrons. The summed E-state index contributed by atoms with van der Waals surface area (Å²) in [5.41, 5.74) is 2.69. The Morgan fingerprint density at radius 3 is 2.44 bits per heavy atom. The van der Waals surface area contributed by atoms with Gasteiger partial charge in [0, 0.05) is 0 Å². The van der Waals surface area contributed by atoms with Crippen LogP contribution in [0.1, 0.15) is 36.8 Å². The molecule has 1 unspecified atom stereocenters. The van der Waals surface area contributed by atoms with E-state index in [1.54, 1.807) is 6.33 Å². The molecule has 0 saturated carbocycles. The van der Waals surface area contributed by atoms with Crippen molar-refractivity contribution in [3.8, 4) is 0 Å². The molecule has 0 bridgehead atoms. The van der Waals surface area contributed by atoms with Crippen LogP contribution in [0.4, 0.5) is 0 Å². The van der Waals surface area contributed by atoms with E-state index in [4.69, 9.17) is 0 Å². The molecule has 0 amide bonds. The SMILES string of the molecule is CCNC(Cc1ccc(CC)cc1)c1ncn[nH]1. The van der Waals surface area contributed by atoms with Crippen LogP contribution >= 0.6 is 0 Å². The zero-order chi connectivity index (χ0) is 12.8. The fraction of sp³-hybridized carbons (Fsp3) is 0.429. The Labute approximate surface area is 108 Å². The number of benzene rings is 1. The normalized spacial score (nSPS) is 12.6. The summed E-state index contributed by atoms with van der Waals surface area (Å²) in [4.78, 5) is 4.24. The van der Waals surface area contributed by atoms with Crippen molar-refractivity contribution in [3.63, 3.8) is 0 Å². The van der Waals surface area contributed by atoms with Crippen LogP contribution in [0.2, 0.25) is 0 Å². The summed E-state index contributed by atoms with van der Waals surface area (Å²) in [7, 11) is 0. The Morgan fingerprint density at radius 2 is 1.89 bits per heavy atom. The van der Waals surface area contributed by atoms with Crippen molar-refractivity contribution < 1.29 is 0 Å². The zero-order valence-corrected chi connectivity index (χ0v) is 11.0. The molecule has 0 spiro atoms. The molecule has 2 rings (SSSR count). The molecular formula is C14H20N4. The molecular weight excluding hydrogens is 224 g/mol. The van der Waals surface area contributed by atoms with Crippen molar-refractivity contribution in [1.82, 2.24) is 20.5 Å². The average molecular weight is 244 g/mol. The minimum absolute atomic E-state index is 0.199. The van der Waals surface area contributed by atoms with Crippen LogP contribution in [-0.2, 0) is 12.8 Å². The van der Waals surface area contributed by atoms with Crippen LogP contribution in [0, 0.1) is 0 Å². The second-order valence-electron chi connectivity index (χ2n) is 4.36. The number of aryl methyl sites for hydroxylation is 1. The monoisotopic (exact) mass is 244 g/mol. The van der Waals surface area contributed by atoms with E-state index in [0.29, 0.717) is 0 Å². The van der Waals surface area contributed by atoms with Crippen molar-refractivity contribution in [3.05, 3.63) is 47.5 Å². The quantitative estimate of drug-likeness (QED) is 0.819. The molecule has 0 aliphatic carbocycles. The van der Waals surface area contributed by atoms with E-state index in [2.05, 4.69) is 58.6 Å². The Kier molecular flexibility index (Phi) is 4.47. The largest absolute Gasteiger partial charge is 0.307 e. The molecule has 18 heavy (non-hydrogen) atoms. The highest BCUT2D eigenvalue weighted by Gasteiger charge is 2.13. The zero-order valence-electron chi connectivity index (χ0n) is 11.0. The highest BCUT2D eigenvalue weighted by molar-refractivity contribution is 5.23. The minimum atomic E-state index is 0.199. The molecule has 2 N–H and O–H groups in total. The Balaban J connectivity index is 2.08. The van der Waals surface area contributed by atoms with Crippen LogP contribution in [0.15, 0.2) is 30.6 Å². The molecule has 1 atom stereocenters. The van der Waals surface area contributed by atoms with Gasteiger partial charge in [-0.25, -0.2) is 4.98 Å². The Bertz CT molecular complexity index is 447. The van der Waals surface area contributed by atoms with Gasteiger partial charge < -0.3 is 5.32 Å². The second kappa shape index (κ2) is 6.31. The Hall–Kier alpha value is -1.68. The minimum Gasteiger partial charge on any atom is -0.307 e. The topological polar surface area (TPSA) is 53.6 Å². The first-order chi connectivity index (χ1) is 8.83. The number of likely N-dealkylation sites (N-methyl/N-ethyl adjacent to an activating group) is 1. The van der Waals surface area contributed by atoms with E-state index in [-0.39, 0.29) is 6.04 Å². The van der Waals surface area contributed by atoms with Gasteiger partial charge in [0.25, 0.3) is 0 Å². The second-order valence-corrected chi connectivity index (χ2v) is 4.36. The van der Waals surface area contributed by atoms with E-state index >= 15 is 0 Å². The van der Waals surface area contributed by atoms with Gasteiger partial charge in [-0.3, -0.25) is 5.10 Å². The number of nitrogens with zero attached hydrogens (tertiary/aromatic N) is 2. The molecule has 2 aromatic rings. The van der Waals surface area contributed by atoms with Crippen molar-refractivity contribution in [2.75, 3.05) is 6.54 Å². The number of rotatable bonds is 6. The lowest BCUT2D eigenvalue weighted by molar-refractivity contribution is 0.523. The number of H-pyrrole nitrogens is 1. The van der Waals surface area contributed by atoms with Crippen LogP contribution in [0.3, 0.4) is 0 Å². The lowest BCUT2D eigenvalue weighted by Gasteiger charge is -2.15. The molecule has 0 radical (unpaired) electrons. The summed E-state index contributed by atoms with van der Waals surface area (Å²) < 4.78 is 0. The van der Waals surface area contributed by atoms with Gasteiger partial charge in [0.15, 0.2) is 0 Å². The van der Waals surface area contributed by atoms with Crippen LogP contribution in [0.25, 0.3) is 0 Å². The molecule has 1 aromatic heterocycles. The molecule has 0 saturated heterocycles. The number of hydrogen-bond acceptors (Lipinski definition) is 3.